The molecule has 0 atom stereocenters. The van der Waals surface area contributed by atoms with Gasteiger partial charge in [-0.2, -0.15) is 0 Å². The van der Waals surface area contributed by atoms with Gasteiger partial charge >= 0.3 is 0 Å². The van der Waals surface area contributed by atoms with Crippen LogP contribution in [-0.4, -0.2) is 4.98 Å². The van der Waals surface area contributed by atoms with E-state index in [1.54, 1.807) is 0 Å². The van der Waals surface area contributed by atoms with Crippen molar-refractivity contribution in [3.63, 3.8) is 0 Å². The molecule has 11 aromatic rings. The highest BCUT2D eigenvalue weighted by molar-refractivity contribution is 7.86. The number of fused-ring (bicyclic) bond motifs is 10. The zero-order valence-electron chi connectivity index (χ0n) is 30.4. The molecule has 3 heteroatoms. The SMILES string of the molecule is O=P(c1ccccc1)(c1ccccc1)c1c2ccccc2c(-c2ccc3c(c2)c(-c2ccccc2)nc2c4ccccc4c4ccccc4c32)c2ccccc12. The molecule has 262 valence electrons. The highest BCUT2D eigenvalue weighted by Crippen LogP contribution is 2.50. The molecular weight excluding hydrogens is 698 g/mol. The number of hydrogen-bond donors (Lipinski definition) is 0. The molecule has 0 N–H and O–H groups in total. The minimum Gasteiger partial charge on any atom is -0.309 e. The van der Waals surface area contributed by atoms with Gasteiger partial charge in [0.2, 0.25) is 0 Å². The standard InChI is InChI=1S/C53H34NOP/c55-56(37-20-6-2-7-21-37,38-22-8-3-9-23-38)53-46-30-16-13-27-42(46)49(43-28-14-17-31-47(43)53)36-32-33-44-48(34-36)51(35-18-4-1-5-19-35)54-52-45-29-15-11-25-40(45)39-24-10-12-26-41(39)50(44)52/h1-34H. The zero-order valence-corrected chi connectivity index (χ0v) is 31.3. The largest absolute Gasteiger partial charge is 0.309 e. The number of benzene rings is 10. The average molecular weight is 732 g/mol. The van der Waals surface area contributed by atoms with Crippen molar-refractivity contribution in [3.05, 3.63) is 206 Å². The van der Waals surface area contributed by atoms with E-state index in [1.165, 1.54) is 21.5 Å². The Hall–Kier alpha value is -6.86. The average Bonchev–Trinajstić information content (AvgIpc) is 3.28. The normalized spacial score (nSPS) is 12.0. The van der Waals surface area contributed by atoms with E-state index in [9.17, 15) is 0 Å². The predicted octanol–water partition coefficient (Wildman–Crippen LogP) is 13.0. The lowest BCUT2D eigenvalue weighted by Crippen LogP contribution is -2.26. The van der Waals surface area contributed by atoms with E-state index in [4.69, 9.17) is 4.98 Å². The van der Waals surface area contributed by atoms with Gasteiger partial charge < -0.3 is 4.57 Å². The molecule has 0 saturated heterocycles. The van der Waals surface area contributed by atoms with E-state index in [0.29, 0.717) is 0 Å². The van der Waals surface area contributed by atoms with Gasteiger partial charge in [0, 0.05) is 37.6 Å². The predicted molar refractivity (Wildman–Crippen MR) is 240 cm³/mol. The van der Waals surface area contributed by atoms with Gasteiger partial charge in [-0.25, -0.2) is 4.98 Å². The zero-order chi connectivity index (χ0) is 37.2. The van der Waals surface area contributed by atoms with Gasteiger partial charge in [0.05, 0.1) is 11.2 Å². The third-order valence-electron chi connectivity index (χ3n) is 11.5. The summed E-state index contributed by atoms with van der Waals surface area (Å²) in [6, 6.07) is 71.9. The Morgan fingerprint density at radius 1 is 0.339 bits per heavy atom. The minimum absolute atomic E-state index is 0.824. The first-order valence-corrected chi connectivity index (χ1v) is 20.8. The smallest absolute Gasteiger partial charge is 0.172 e. The van der Waals surface area contributed by atoms with Crippen molar-refractivity contribution in [1.82, 2.24) is 4.98 Å². The molecule has 11 rings (SSSR count). The van der Waals surface area contributed by atoms with Gasteiger partial charge in [-0.15, -0.1) is 0 Å². The molecule has 0 saturated carbocycles. The maximum Gasteiger partial charge on any atom is 0.172 e. The van der Waals surface area contributed by atoms with Crippen molar-refractivity contribution in [1.29, 1.82) is 0 Å². The van der Waals surface area contributed by atoms with Crippen LogP contribution in [0.25, 0.3) is 87.1 Å². The maximum atomic E-state index is 16.2. The second kappa shape index (κ2) is 12.9. The first-order chi connectivity index (χ1) is 27.7. The van der Waals surface area contributed by atoms with Crippen molar-refractivity contribution in [3.8, 4) is 22.4 Å². The molecule has 0 aliphatic carbocycles. The van der Waals surface area contributed by atoms with E-state index in [0.717, 1.165) is 81.5 Å². The molecule has 1 aromatic heterocycles. The fourth-order valence-electron chi connectivity index (χ4n) is 9.05. The molecule has 2 nitrogen and oxygen atoms in total. The number of pyridine rings is 1. The van der Waals surface area contributed by atoms with E-state index < -0.39 is 7.14 Å². The van der Waals surface area contributed by atoms with Crippen molar-refractivity contribution in [2.45, 2.75) is 0 Å². The van der Waals surface area contributed by atoms with Crippen molar-refractivity contribution < 1.29 is 4.57 Å². The summed E-state index contributed by atoms with van der Waals surface area (Å²) in [5.41, 5.74) is 5.26. The molecule has 0 aliphatic heterocycles. The van der Waals surface area contributed by atoms with Crippen LogP contribution in [0.15, 0.2) is 206 Å². The lowest BCUT2D eigenvalue weighted by atomic mass is 9.88. The van der Waals surface area contributed by atoms with E-state index >= 15 is 4.57 Å². The van der Waals surface area contributed by atoms with Crippen LogP contribution < -0.4 is 15.9 Å². The lowest BCUT2D eigenvalue weighted by molar-refractivity contribution is 0.593. The molecule has 0 fully saturated rings. The summed E-state index contributed by atoms with van der Waals surface area (Å²) < 4.78 is 16.2. The van der Waals surface area contributed by atoms with Gasteiger partial charge in [-0.05, 0) is 60.3 Å². The van der Waals surface area contributed by atoms with Crippen LogP contribution in [0.5, 0.6) is 0 Å². The Morgan fingerprint density at radius 3 is 1.34 bits per heavy atom. The number of hydrogen-bond acceptors (Lipinski definition) is 2. The van der Waals surface area contributed by atoms with Crippen LogP contribution >= 0.6 is 7.14 Å². The Labute approximate surface area is 324 Å². The maximum absolute atomic E-state index is 16.2. The van der Waals surface area contributed by atoms with Gasteiger partial charge in [-0.3, -0.25) is 0 Å². The van der Waals surface area contributed by atoms with E-state index in [1.807, 2.05) is 60.7 Å². The van der Waals surface area contributed by atoms with E-state index in [2.05, 4.69) is 146 Å². The molecule has 0 amide bonds. The third-order valence-corrected chi connectivity index (χ3v) is 14.6. The highest BCUT2D eigenvalue weighted by Gasteiger charge is 2.34. The highest BCUT2D eigenvalue weighted by atomic mass is 31.2. The summed E-state index contributed by atoms with van der Waals surface area (Å²) in [4.78, 5) is 5.59. The van der Waals surface area contributed by atoms with Gasteiger partial charge in [-0.1, -0.05) is 200 Å². The Bertz CT molecular complexity index is 3280. The molecule has 10 aromatic carbocycles. The fraction of sp³-hybridized carbons (Fsp3) is 0. The monoisotopic (exact) mass is 731 g/mol. The molecule has 0 bridgehead atoms. The Balaban J connectivity index is 1.28. The Morgan fingerprint density at radius 2 is 0.768 bits per heavy atom. The summed E-state index contributed by atoms with van der Waals surface area (Å²) in [6.07, 6.45) is 0. The summed E-state index contributed by atoms with van der Waals surface area (Å²) >= 11 is 0. The summed E-state index contributed by atoms with van der Waals surface area (Å²) in [7, 11) is -3.35. The van der Waals surface area contributed by atoms with Gasteiger partial charge in [0.25, 0.3) is 0 Å². The van der Waals surface area contributed by atoms with Crippen LogP contribution in [0.2, 0.25) is 0 Å². The topological polar surface area (TPSA) is 30.0 Å². The molecule has 0 spiro atoms. The first kappa shape index (κ1) is 32.6. The van der Waals surface area contributed by atoms with Crippen molar-refractivity contribution in [2.24, 2.45) is 0 Å². The fourth-order valence-corrected chi connectivity index (χ4v) is 12.1. The van der Waals surface area contributed by atoms with Crippen LogP contribution in [0, 0.1) is 0 Å². The molecule has 0 aliphatic rings. The quantitative estimate of drug-likeness (QED) is 0.100. The third kappa shape index (κ3) is 4.83. The number of aromatic nitrogens is 1. The number of rotatable bonds is 5. The molecule has 1 heterocycles. The van der Waals surface area contributed by atoms with E-state index in [-0.39, 0.29) is 0 Å². The molecular formula is C53H34NOP. The summed E-state index contributed by atoms with van der Waals surface area (Å²) in [5.74, 6) is 0. The minimum atomic E-state index is -3.35. The second-order valence-electron chi connectivity index (χ2n) is 14.5. The second-order valence-corrected chi connectivity index (χ2v) is 17.2. The molecule has 56 heavy (non-hydrogen) atoms. The lowest BCUT2D eigenvalue weighted by Gasteiger charge is -2.25. The molecule has 0 unspecified atom stereocenters. The van der Waals surface area contributed by atoms with Gasteiger partial charge in [0.1, 0.15) is 0 Å². The van der Waals surface area contributed by atoms with Crippen molar-refractivity contribution >= 4 is 87.8 Å². The van der Waals surface area contributed by atoms with Gasteiger partial charge in [0.15, 0.2) is 7.14 Å². The van der Waals surface area contributed by atoms with Crippen LogP contribution in [0.4, 0.5) is 0 Å². The Kier molecular flexibility index (Phi) is 7.49. The summed E-state index contributed by atoms with van der Waals surface area (Å²) in [5, 5.41) is 14.9. The molecule has 0 radical (unpaired) electrons. The van der Waals surface area contributed by atoms with Crippen LogP contribution in [0.3, 0.4) is 0 Å². The first-order valence-electron chi connectivity index (χ1n) is 19.1. The van der Waals surface area contributed by atoms with Crippen molar-refractivity contribution in [2.75, 3.05) is 0 Å². The number of nitrogens with zero attached hydrogens (tertiary/aromatic N) is 1. The summed E-state index contributed by atoms with van der Waals surface area (Å²) in [6.45, 7) is 0. The van der Waals surface area contributed by atoms with Crippen LogP contribution in [-0.2, 0) is 4.57 Å². The van der Waals surface area contributed by atoms with Crippen LogP contribution in [0.1, 0.15) is 0 Å².